The molecule has 5 nitrogen and oxygen atoms in total. The molecular formula is C13H23NO4. The first-order valence-corrected chi connectivity index (χ1v) is 6.60. The van der Waals surface area contributed by atoms with E-state index < -0.39 is 5.60 Å². The molecule has 0 aromatic rings. The average molecular weight is 257 g/mol. The zero-order valence-electron chi connectivity index (χ0n) is 11.4. The third-order valence-electron chi connectivity index (χ3n) is 3.51. The topological polar surface area (TPSA) is 59.0 Å². The standard InChI is InChI=1S/C13H23NO4/c1-12(2,3)18-11(16)14-7-6-13(9-14)5-4-10(8-15)17-13/h10,15H,4-9H2,1-3H3/t10-,13-/m1/s1. The second-order valence-corrected chi connectivity index (χ2v) is 6.30. The van der Waals surface area contributed by atoms with Crippen LogP contribution in [0.25, 0.3) is 0 Å². The quantitative estimate of drug-likeness (QED) is 0.774. The number of ether oxygens (including phenoxy) is 2. The molecule has 18 heavy (non-hydrogen) atoms. The minimum Gasteiger partial charge on any atom is -0.444 e. The van der Waals surface area contributed by atoms with E-state index in [4.69, 9.17) is 14.6 Å². The average Bonchev–Trinajstić information content (AvgIpc) is 2.84. The van der Waals surface area contributed by atoms with Gasteiger partial charge in [-0.2, -0.15) is 0 Å². The van der Waals surface area contributed by atoms with Gasteiger partial charge in [-0.3, -0.25) is 0 Å². The SMILES string of the molecule is CC(C)(C)OC(=O)N1CC[C@]2(CC[C@H](CO)O2)C1. The normalized spacial score (nSPS) is 32.2. The van der Waals surface area contributed by atoms with Crippen molar-refractivity contribution in [2.45, 2.75) is 57.3 Å². The summed E-state index contributed by atoms with van der Waals surface area (Å²) in [6.07, 6.45) is 2.29. The highest BCUT2D eigenvalue weighted by Crippen LogP contribution is 2.38. The minimum atomic E-state index is -0.461. The fourth-order valence-electron chi connectivity index (χ4n) is 2.65. The summed E-state index contributed by atoms with van der Waals surface area (Å²) < 4.78 is 11.2. The van der Waals surface area contributed by atoms with Crippen molar-refractivity contribution in [2.75, 3.05) is 19.7 Å². The molecular weight excluding hydrogens is 234 g/mol. The highest BCUT2D eigenvalue weighted by Gasteiger charge is 2.47. The van der Waals surface area contributed by atoms with Crippen LogP contribution in [0.2, 0.25) is 0 Å². The lowest BCUT2D eigenvalue weighted by Crippen LogP contribution is -2.39. The summed E-state index contributed by atoms with van der Waals surface area (Å²) in [6.45, 7) is 6.92. The molecule has 0 aromatic heterocycles. The fraction of sp³-hybridized carbons (Fsp3) is 0.923. The molecule has 2 aliphatic heterocycles. The summed E-state index contributed by atoms with van der Waals surface area (Å²) in [5.74, 6) is 0. The Morgan fingerprint density at radius 3 is 2.78 bits per heavy atom. The van der Waals surface area contributed by atoms with Gasteiger partial charge in [0.15, 0.2) is 0 Å². The number of aliphatic hydroxyl groups is 1. The number of carbonyl (C=O) groups excluding carboxylic acids is 1. The Labute approximate surface area is 108 Å². The van der Waals surface area contributed by atoms with Crippen LogP contribution in [0, 0.1) is 0 Å². The van der Waals surface area contributed by atoms with Crippen molar-refractivity contribution in [1.82, 2.24) is 4.90 Å². The molecule has 5 heteroatoms. The third kappa shape index (κ3) is 2.95. The Morgan fingerprint density at radius 1 is 1.50 bits per heavy atom. The van der Waals surface area contributed by atoms with Crippen LogP contribution in [0.5, 0.6) is 0 Å². The molecule has 2 saturated heterocycles. The number of hydrogen-bond acceptors (Lipinski definition) is 4. The summed E-state index contributed by atoms with van der Waals surface area (Å²) in [6, 6.07) is 0. The Balaban J connectivity index is 1.91. The van der Waals surface area contributed by atoms with Crippen molar-refractivity contribution >= 4 is 6.09 Å². The molecule has 1 N–H and O–H groups in total. The van der Waals surface area contributed by atoms with Gasteiger partial charge in [-0.25, -0.2) is 4.79 Å². The van der Waals surface area contributed by atoms with Crippen molar-refractivity contribution in [3.05, 3.63) is 0 Å². The summed E-state index contributed by atoms with van der Waals surface area (Å²) in [5.41, 5.74) is -0.707. The molecule has 104 valence electrons. The monoisotopic (exact) mass is 257 g/mol. The van der Waals surface area contributed by atoms with Gasteiger partial charge < -0.3 is 19.5 Å². The summed E-state index contributed by atoms with van der Waals surface area (Å²) in [4.78, 5) is 13.7. The van der Waals surface area contributed by atoms with Crippen molar-refractivity contribution in [3.8, 4) is 0 Å². The second kappa shape index (κ2) is 4.70. The fourth-order valence-corrected chi connectivity index (χ4v) is 2.65. The van der Waals surface area contributed by atoms with Crippen LogP contribution in [0.15, 0.2) is 0 Å². The first kappa shape index (κ1) is 13.6. The van der Waals surface area contributed by atoms with Crippen LogP contribution in [0.1, 0.15) is 40.0 Å². The largest absolute Gasteiger partial charge is 0.444 e. The van der Waals surface area contributed by atoms with E-state index in [1.165, 1.54) is 0 Å². The molecule has 2 rings (SSSR count). The lowest BCUT2D eigenvalue weighted by atomic mass is 9.99. The van der Waals surface area contributed by atoms with E-state index in [2.05, 4.69) is 0 Å². The van der Waals surface area contributed by atoms with E-state index in [-0.39, 0.29) is 24.4 Å². The number of carbonyl (C=O) groups is 1. The maximum atomic E-state index is 12.0. The van der Waals surface area contributed by atoms with Crippen LogP contribution < -0.4 is 0 Å². The van der Waals surface area contributed by atoms with E-state index >= 15 is 0 Å². The molecule has 0 aliphatic carbocycles. The number of aliphatic hydroxyl groups excluding tert-OH is 1. The third-order valence-corrected chi connectivity index (χ3v) is 3.51. The van der Waals surface area contributed by atoms with Gasteiger partial charge in [0.2, 0.25) is 0 Å². The second-order valence-electron chi connectivity index (χ2n) is 6.30. The van der Waals surface area contributed by atoms with Gasteiger partial charge in [0.05, 0.1) is 24.9 Å². The van der Waals surface area contributed by atoms with E-state index in [9.17, 15) is 4.79 Å². The van der Waals surface area contributed by atoms with Crippen LogP contribution in [-0.4, -0.2) is 53.1 Å². The molecule has 0 bridgehead atoms. The van der Waals surface area contributed by atoms with E-state index in [1.54, 1.807) is 4.90 Å². The van der Waals surface area contributed by atoms with Crippen molar-refractivity contribution in [2.24, 2.45) is 0 Å². The number of rotatable bonds is 1. The Kier molecular flexibility index (Phi) is 3.56. The van der Waals surface area contributed by atoms with Crippen molar-refractivity contribution < 1.29 is 19.4 Å². The molecule has 2 aliphatic rings. The first-order chi connectivity index (χ1) is 8.34. The summed E-state index contributed by atoms with van der Waals surface area (Å²) in [5, 5.41) is 9.11. The Hall–Kier alpha value is -0.810. The molecule has 0 radical (unpaired) electrons. The Bertz CT molecular complexity index is 325. The molecule has 2 fully saturated rings. The molecule has 0 unspecified atom stereocenters. The number of amides is 1. The molecule has 0 saturated carbocycles. The van der Waals surface area contributed by atoms with Gasteiger partial charge in [0.1, 0.15) is 5.60 Å². The predicted octanol–water partition coefficient (Wildman–Crippen LogP) is 1.54. The van der Waals surface area contributed by atoms with Crippen LogP contribution in [0.3, 0.4) is 0 Å². The number of nitrogens with zero attached hydrogens (tertiary/aromatic N) is 1. The smallest absolute Gasteiger partial charge is 0.410 e. The zero-order valence-corrected chi connectivity index (χ0v) is 11.4. The van der Waals surface area contributed by atoms with Gasteiger partial charge in [0, 0.05) is 6.54 Å². The zero-order chi connectivity index (χ0) is 13.4. The number of likely N-dealkylation sites (tertiary alicyclic amines) is 1. The first-order valence-electron chi connectivity index (χ1n) is 6.60. The van der Waals surface area contributed by atoms with Crippen LogP contribution in [0.4, 0.5) is 4.79 Å². The van der Waals surface area contributed by atoms with Gasteiger partial charge >= 0.3 is 6.09 Å². The summed E-state index contributed by atoms with van der Waals surface area (Å²) in [7, 11) is 0. The predicted molar refractivity (Wildman–Crippen MR) is 66.3 cm³/mol. The van der Waals surface area contributed by atoms with Gasteiger partial charge in [0.25, 0.3) is 0 Å². The minimum absolute atomic E-state index is 0.0637. The Morgan fingerprint density at radius 2 is 2.22 bits per heavy atom. The summed E-state index contributed by atoms with van der Waals surface area (Å²) >= 11 is 0. The van der Waals surface area contributed by atoms with E-state index in [0.29, 0.717) is 13.1 Å². The molecule has 1 amide bonds. The van der Waals surface area contributed by atoms with Crippen LogP contribution >= 0.6 is 0 Å². The molecule has 0 aromatic carbocycles. The van der Waals surface area contributed by atoms with Crippen molar-refractivity contribution in [3.63, 3.8) is 0 Å². The van der Waals surface area contributed by atoms with Gasteiger partial charge in [-0.05, 0) is 40.0 Å². The lowest BCUT2D eigenvalue weighted by Gasteiger charge is -2.27. The maximum absolute atomic E-state index is 12.0. The van der Waals surface area contributed by atoms with E-state index in [0.717, 1.165) is 19.3 Å². The van der Waals surface area contributed by atoms with Crippen LogP contribution in [-0.2, 0) is 9.47 Å². The van der Waals surface area contributed by atoms with Gasteiger partial charge in [-0.1, -0.05) is 0 Å². The number of hydrogen-bond donors (Lipinski definition) is 1. The molecule has 2 atom stereocenters. The molecule has 2 heterocycles. The van der Waals surface area contributed by atoms with Crippen molar-refractivity contribution in [1.29, 1.82) is 0 Å². The highest BCUT2D eigenvalue weighted by molar-refractivity contribution is 5.68. The lowest BCUT2D eigenvalue weighted by molar-refractivity contribution is -0.0533. The highest BCUT2D eigenvalue weighted by atomic mass is 16.6. The van der Waals surface area contributed by atoms with Gasteiger partial charge in [-0.15, -0.1) is 0 Å². The molecule has 1 spiro atoms. The maximum Gasteiger partial charge on any atom is 0.410 e. The van der Waals surface area contributed by atoms with E-state index in [1.807, 2.05) is 20.8 Å².